The predicted molar refractivity (Wildman–Crippen MR) is 136 cm³/mol. The summed E-state index contributed by atoms with van der Waals surface area (Å²) in [6, 6.07) is 11.6. The van der Waals surface area contributed by atoms with Gasteiger partial charge in [-0.15, -0.1) is 11.3 Å². The molecule has 8 nitrogen and oxygen atoms in total. The Hall–Kier alpha value is -3.46. The molecule has 178 valence electrons. The van der Waals surface area contributed by atoms with Crippen LogP contribution in [0.2, 0.25) is 0 Å². The summed E-state index contributed by atoms with van der Waals surface area (Å²) in [7, 11) is 0. The molecule has 2 amide bonds. The van der Waals surface area contributed by atoms with E-state index in [4.69, 9.17) is 0 Å². The normalized spacial score (nSPS) is 13.7. The standard InChI is InChI=1S/C25H30N6O2S/c1-18(2)29-21-6-3-10-26-23(21)30-12-14-31(15-13-30)25(33)22-8-7-19(17-28-22)24(32)27-11-9-20-5-4-16-34-20/h3-8,10,16-18,29H,9,11-15H2,1-2H3,(H,27,32). The molecule has 3 aromatic rings. The molecular formula is C25H30N6O2S. The van der Waals surface area contributed by atoms with Gasteiger partial charge in [0.05, 0.1) is 11.3 Å². The Kier molecular flexibility index (Phi) is 7.74. The number of carbonyl (C=O) groups excluding carboxylic acids is 2. The molecule has 34 heavy (non-hydrogen) atoms. The molecule has 0 saturated carbocycles. The summed E-state index contributed by atoms with van der Waals surface area (Å²) in [5, 5.41) is 8.36. The third-order valence-electron chi connectivity index (χ3n) is 5.58. The van der Waals surface area contributed by atoms with E-state index >= 15 is 0 Å². The van der Waals surface area contributed by atoms with Crippen molar-refractivity contribution in [1.82, 2.24) is 20.2 Å². The minimum Gasteiger partial charge on any atom is -0.380 e. The average molecular weight is 479 g/mol. The molecule has 0 atom stereocenters. The Bertz CT molecular complexity index is 1090. The Morgan fingerprint density at radius 2 is 1.88 bits per heavy atom. The van der Waals surface area contributed by atoms with Gasteiger partial charge in [0.25, 0.3) is 11.8 Å². The number of nitrogens with zero attached hydrogens (tertiary/aromatic N) is 4. The number of amides is 2. The second-order valence-electron chi connectivity index (χ2n) is 8.47. The molecule has 2 N–H and O–H groups in total. The molecule has 0 unspecified atom stereocenters. The van der Waals surface area contributed by atoms with E-state index in [0.717, 1.165) is 17.9 Å². The summed E-state index contributed by atoms with van der Waals surface area (Å²) in [5.41, 5.74) is 1.81. The van der Waals surface area contributed by atoms with Crippen LogP contribution in [0.4, 0.5) is 11.5 Å². The third kappa shape index (κ3) is 5.91. The van der Waals surface area contributed by atoms with Crippen molar-refractivity contribution in [2.75, 3.05) is 42.9 Å². The van der Waals surface area contributed by atoms with Crippen LogP contribution < -0.4 is 15.5 Å². The van der Waals surface area contributed by atoms with Crippen molar-refractivity contribution in [3.63, 3.8) is 0 Å². The van der Waals surface area contributed by atoms with E-state index in [0.29, 0.717) is 50.0 Å². The number of piperazine rings is 1. The fourth-order valence-corrected chi connectivity index (χ4v) is 4.58. The van der Waals surface area contributed by atoms with Crippen molar-refractivity contribution in [3.8, 4) is 0 Å². The first-order valence-corrected chi connectivity index (χ1v) is 12.4. The lowest BCUT2D eigenvalue weighted by Gasteiger charge is -2.36. The summed E-state index contributed by atoms with van der Waals surface area (Å²) in [6.45, 7) is 7.32. The van der Waals surface area contributed by atoms with Gasteiger partial charge in [-0.05, 0) is 56.0 Å². The van der Waals surface area contributed by atoms with Crippen LogP contribution in [-0.2, 0) is 6.42 Å². The molecular weight excluding hydrogens is 448 g/mol. The fraction of sp³-hybridized carbons (Fsp3) is 0.360. The third-order valence-corrected chi connectivity index (χ3v) is 6.52. The number of rotatable bonds is 8. The van der Waals surface area contributed by atoms with Crippen LogP contribution in [0, 0.1) is 0 Å². The van der Waals surface area contributed by atoms with Crippen molar-refractivity contribution >= 4 is 34.7 Å². The lowest BCUT2D eigenvalue weighted by molar-refractivity contribution is 0.0740. The van der Waals surface area contributed by atoms with Crippen molar-refractivity contribution in [1.29, 1.82) is 0 Å². The SMILES string of the molecule is CC(C)Nc1cccnc1N1CCN(C(=O)c2ccc(C(=O)NCCc3cccs3)cn2)CC1. The maximum Gasteiger partial charge on any atom is 0.272 e. The van der Waals surface area contributed by atoms with E-state index in [1.54, 1.807) is 34.6 Å². The van der Waals surface area contributed by atoms with Gasteiger partial charge in [-0.2, -0.15) is 0 Å². The van der Waals surface area contributed by atoms with Gasteiger partial charge in [0.15, 0.2) is 5.82 Å². The number of anilines is 2. The fourth-order valence-electron chi connectivity index (χ4n) is 3.87. The molecule has 0 aliphatic carbocycles. The molecule has 1 aliphatic heterocycles. The summed E-state index contributed by atoms with van der Waals surface area (Å²) in [6.07, 6.45) is 4.07. The Morgan fingerprint density at radius 3 is 2.56 bits per heavy atom. The monoisotopic (exact) mass is 478 g/mol. The Labute approximate surface area is 204 Å². The Morgan fingerprint density at radius 1 is 1.06 bits per heavy atom. The highest BCUT2D eigenvalue weighted by Gasteiger charge is 2.25. The lowest BCUT2D eigenvalue weighted by Crippen LogP contribution is -2.49. The largest absolute Gasteiger partial charge is 0.380 e. The zero-order valence-electron chi connectivity index (χ0n) is 19.5. The van der Waals surface area contributed by atoms with Crippen molar-refractivity contribution in [3.05, 3.63) is 70.3 Å². The number of aromatic nitrogens is 2. The first-order valence-electron chi connectivity index (χ1n) is 11.5. The van der Waals surface area contributed by atoms with Gasteiger partial charge in [-0.25, -0.2) is 4.98 Å². The first-order chi connectivity index (χ1) is 16.5. The smallest absolute Gasteiger partial charge is 0.272 e. The minimum atomic E-state index is -0.183. The van der Waals surface area contributed by atoms with Crippen molar-refractivity contribution in [2.24, 2.45) is 0 Å². The molecule has 1 fully saturated rings. The topological polar surface area (TPSA) is 90.5 Å². The number of hydrogen-bond donors (Lipinski definition) is 2. The van der Waals surface area contributed by atoms with E-state index in [9.17, 15) is 9.59 Å². The van der Waals surface area contributed by atoms with Crippen LogP contribution in [0.5, 0.6) is 0 Å². The van der Waals surface area contributed by atoms with Crippen LogP contribution in [0.1, 0.15) is 39.6 Å². The van der Waals surface area contributed by atoms with Crippen molar-refractivity contribution in [2.45, 2.75) is 26.3 Å². The molecule has 9 heteroatoms. The van der Waals surface area contributed by atoms with Gasteiger partial charge in [-0.3, -0.25) is 14.6 Å². The molecule has 1 saturated heterocycles. The lowest BCUT2D eigenvalue weighted by atomic mass is 10.2. The Balaban J connectivity index is 1.30. The van der Waals surface area contributed by atoms with E-state index < -0.39 is 0 Å². The van der Waals surface area contributed by atoms with E-state index in [2.05, 4.69) is 45.4 Å². The molecule has 0 spiro atoms. The first kappa shape index (κ1) is 23.7. The number of pyridine rings is 2. The molecule has 4 rings (SSSR count). The van der Waals surface area contributed by atoms with Crippen molar-refractivity contribution < 1.29 is 9.59 Å². The molecule has 0 radical (unpaired) electrons. The van der Waals surface area contributed by atoms with Gasteiger partial charge < -0.3 is 20.4 Å². The quantitative estimate of drug-likeness (QED) is 0.516. The zero-order chi connectivity index (χ0) is 23.9. The maximum atomic E-state index is 13.0. The summed E-state index contributed by atoms with van der Waals surface area (Å²) in [4.78, 5) is 39.4. The average Bonchev–Trinajstić information content (AvgIpc) is 3.37. The summed E-state index contributed by atoms with van der Waals surface area (Å²) < 4.78 is 0. The second kappa shape index (κ2) is 11.1. The molecule has 4 heterocycles. The van der Waals surface area contributed by atoms with E-state index in [-0.39, 0.29) is 11.8 Å². The predicted octanol–water partition coefficient (Wildman–Crippen LogP) is 3.29. The highest BCUT2D eigenvalue weighted by atomic mass is 32.1. The number of thiophene rings is 1. The molecule has 0 bridgehead atoms. The van der Waals surface area contributed by atoms with E-state index in [1.807, 2.05) is 23.6 Å². The number of carbonyl (C=O) groups is 2. The van der Waals surface area contributed by atoms with Gasteiger partial charge in [0.1, 0.15) is 5.69 Å². The number of nitrogens with one attached hydrogen (secondary N) is 2. The molecule has 3 aromatic heterocycles. The van der Waals surface area contributed by atoms with E-state index in [1.165, 1.54) is 11.1 Å². The van der Waals surface area contributed by atoms with Gasteiger partial charge in [-0.1, -0.05) is 6.07 Å². The maximum absolute atomic E-state index is 13.0. The number of hydrogen-bond acceptors (Lipinski definition) is 7. The van der Waals surface area contributed by atoms with Crippen LogP contribution >= 0.6 is 11.3 Å². The summed E-state index contributed by atoms with van der Waals surface area (Å²) >= 11 is 1.68. The van der Waals surface area contributed by atoms with Crippen LogP contribution in [0.25, 0.3) is 0 Å². The highest BCUT2D eigenvalue weighted by molar-refractivity contribution is 7.09. The highest BCUT2D eigenvalue weighted by Crippen LogP contribution is 2.24. The van der Waals surface area contributed by atoms with Crippen LogP contribution in [0.3, 0.4) is 0 Å². The minimum absolute atomic E-state index is 0.120. The molecule has 1 aliphatic rings. The van der Waals surface area contributed by atoms with Gasteiger partial charge in [0.2, 0.25) is 0 Å². The van der Waals surface area contributed by atoms with Gasteiger partial charge >= 0.3 is 0 Å². The van der Waals surface area contributed by atoms with Crippen LogP contribution in [0.15, 0.2) is 54.2 Å². The van der Waals surface area contributed by atoms with Gasteiger partial charge in [0, 0.05) is 56.0 Å². The zero-order valence-corrected chi connectivity index (χ0v) is 20.3. The second-order valence-corrected chi connectivity index (χ2v) is 9.50. The van der Waals surface area contributed by atoms with Crippen LogP contribution in [-0.4, -0.2) is 65.4 Å². The summed E-state index contributed by atoms with van der Waals surface area (Å²) in [5.74, 6) is 0.611. The molecule has 0 aromatic carbocycles.